The quantitative estimate of drug-likeness (QED) is 0.763. The molecule has 0 aromatic heterocycles. The molecule has 0 spiro atoms. The van der Waals surface area contributed by atoms with Gasteiger partial charge in [-0.25, -0.2) is 0 Å². The molecule has 0 amide bonds. The Kier molecular flexibility index (Phi) is 2.63. The summed E-state index contributed by atoms with van der Waals surface area (Å²) in [5.41, 5.74) is 1.27. The first-order valence-electron chi connectivity index (χ1n) is 4.84. The molecule has 2 heteroatoms. The van der Waals surface area contributed by atoms with Crippen LogP contribution in [0.15, 0.2) is 42.6 Å². The number of rotatable bonds is 2. The van der Waals surface area contributed by atoms with Gasteiger partial charge in [0.1, 0.15) is 0 Å². The van der Waals surface area contributed by atoms with Crippen LogP contribution in [0.25, 0.3) is 0 Å². The average molecular weight is 187 g/mol. The number of hydrogen-bond donors (Lipinski definition) is 1. The van der Waals surface area contributed by atoms with E-state index in [2.05, 4.69) is 17.4 Å². The minimum atomic E-state index is 0.213. The molecule has 2 rings (SSSR count). The lowest BCUT2D eigenvalue weighted by molar-refractivity contribution is -0.115. The van der Waals surface area contributed by atoms with Gasteiger partial charge in [0, 0.05) is 18.7 Å². The van der Waals surface area contributed by atoms with Crippen molar-refractivity contribution in [1.29, 1.82) is 0 Å². The Morgan fingerprint density at radius 1 is 1.29 bits per heavy atom. The van der Waals surface area contributed by atoms with Crippen molar-refractivity contribution in [3.63, 3.8) is 0 Å². The highest BCUT2D eigenvalue weighted by Gasteiger charge is 2.14. The van der Waals surface area contributed by atoms with Crippen LogP contribution in [0.1, 0.15) is 12.0 Å². The number of carbonyl (C=O) groups is 1. The Bertz CT molecular complexity index is 343. The number of benzene rings is 1. The van der Waals surface area contributed by atoms with E-state index in [9.17, 15) is 4.79 Å². The van der Waals surface area contributed by atoms with E-state index in [0.717, 1.165) is 6.42 Å². The molecule has 14 heavy (non-hydrogen) atoms. The molecule has 2 nitrogen and oxygen atoms in total. The molecule has 0 unspecified atom stereocenters. The smallest absolute Gasteiger partial charge is 0.159 e. The maximum atomic E-state index is 11.1. The first kappa shape index (κ1) is 9.00. The molecule has 1 aromatic rings. The van der Waals surface area contributed by atoms with Crippen LogP contribution in [-0.2, 0) is 11.2 Å². The average Bonchev–Trinajstić information content (AvgIpc) is 2.19. The van der Waals surface area contributed by atoms with E-state index in [4.69, 9.17) is 0 Å². The summed E-state index contributed by atoms with van der Waals surface area (Å²) < 4.78 is 0. The second-order valence-electron chi connectivity index (χ2n) is 3.56. The Morgan fingerprint density at radius 3 is 2.79 bits per heavy atom. The van der Waals surface area contributed by atoms with E-state index in [1.54, 1.807) is 12.3 Å². The summed E-state index contributed by atoms with van der Waals surface area (Å²) in [7, 11) is 0. The van der Waals surface area contributed by atoms with E-state index < -0.39 is 0 Å². The van der Waals surface area contributed by atoms with Crippen molar-refractivity contribution in [1.82, 2.24) is 5.32 Å². The molecule has 1 aliphatic heterocycles. The fourth-order valence-corrected chi connectivity index (χ4v) is 1.68. The van der Waals surface area contributed by atoms with E-state index in [1.165, 1.54) is 5.56 Å². The highest BCUT2D eigenvalue weighted by Crippen LogP contribution is 2.08. The summed E-state index contributed by atoms with van der Waals surface area (Å²) in [6.45, 7) is 0. The maximum absolute atomic E-state index is 11.1. The van der Waals surface area contributed by atoms with Crippen LogP contribution in [0.4, 0.5) is 0 Å². The molecule has 1 N–H and O–H groups in total. The van der Waals surface area contributed by atoms with Gasteiger partial charge in [0.05, 0.1) is 0 Å². The third kappa shape index (κ3) is 2.22. The number of carbonyl (C=O) groups excluding carboxylic acids is 1. The van der Waals surface area contributed by atoms with Gasteiger partial charge < -0.3 is 5.32 Å². The van der Waals surface area contributed by atoms with E-state index in [-0.39, 0.29) is 11.8 Å². The van der Waals surface area contributed by atoms with Crippen molar-refractivity contribution in [3.8, 4) is 0 Å². The summed E-state index contributed by atoms with van der Waals surface area (Å²) in [6, 6.07) is 10.5. The SMILES string of the molecule is O=C1C=CN[C@H](Cc2ccccc2)C1. The lowest BCUT2D eigenvalue weighted by atomic mass is 10.00. The molecule has 0 saturated carbocycles. The normalized spacial score (nSPS) is 20.6. The lowest BCUT2D eigenvalue weighted by Crippen LogP contribution is -2.32. The highest BCUT2D eigenvalue weighted by atomic mass is 16.1. The maximum Gasteiger partial charge on any atom is 0.159 e. The van der Waals surface area contributed by atoms with Crippen molar-refractivity contribution in [2.45, 2.75) is 18.9 Å². The zero-order valence-electron chi connectivity index (χ0n) is 7.94. The zero-order valence-corrected chi connectivity index (χ0v) is 7.94. The van der Waals surface area contributed by atoms with Crippen LogP contribution < -0.4 is 5.32 Å². The first-order valence-corrected chi connectivity index (χ1v) is 4.84. The second kappa shape index (κ2) is 4.09. The molecule has 0 saturated heterocycles. The molecular weight excluding hydrogens is 174 g/mol. The summed E-state index contributed by atoms with van der Waals surface area (Å²) in [5.74, 6) is 0.213. The standard InChI is InChI=1S/C12H13NO/c14-12-6-7-13-11(9-12)8-10-4-2-1-3-5-10/h1-7,11,13H,8-9H2/t11-/m1/s1. The molecule has 1 aliphatic rings. The van der Waals surface area contributed by atoms with Crippen molar-refractivity contribution >= 4 is 5.78 Å². The Labute approximate surface area is 83.6 Å². The number of hydrogen-bond acceptors (Lipinski definition) is 2. The first-order chi connectivity index (χ1) is 6.84. The Balaban J connectivity index is 1.99. The van der Waals surface area contributed by atoms with Gasteiger partial charge in [-0.3, -0.25) is 4.79 Å². The van der Waals surface area contributed by atoms with Crippen molar-refractivity contribution in [3.05, 3.63) is 48.2 Å². The van der Waals surface area contributed by atoms with Gasteiger partial charge in [-0.1, -0.05) is 30.3 Å². The van der Waals surface area contributed by atoms with Crippen LogP contribution in [0.2, 0.25) is 0 Å². The van der Waals surface area contributed by atoms with Crippen LogP contribution in [0.3, 0.4) is 0 Å². The van der Waals surface area contributed by atoms with Crippen molar-refractivity contribution < 1.29 is 4.79 Å². The number of nitrogens with one attached hydrogen (secondary N) is 1. The summed E-state index contributed by atoms with van der Waals surface area (Å²) >= 11 is 0. The topological polar surface area (TPSA) is 29.1 Å². The van der Waals surface area contributed by atoms with E-state index >= 15 is 0 Å². The molecule has 0 radical (unpaired) electrons. The van der Waals surface area contributed by atoms with Gasteiger partial charge in [0.2, 0.25) is 0 Å². The fraction of sp³-hybridized carbons (Fsp3) is 0.250. The third-order valence-corrected chi connectivity index (χ3v) is 2.37. The molecule has 1 aromatic carbocycles. The highest BCUT2D eigenvalue weighted by molar-refractivity contribution is 5.90. The minimum Gasteiger partial charge on any atom is -0.387 e. The largest absolute Gasteiger partial charge is 0.387 e. The zero-order chi connectivity index (χ0) is 9.80. The molecule has 0 aliphatic carbocycles. The van der Waals surface area contributed by atoms with Crippen LogP contribution >= 0.6 is 0 Å². The van der Waals surface area contributed by atoms with Gasteiger partial charge >= 0.3 is 0 Å². The van der Waals surface area contributed by atoms with Gasteiger partial charge in [-0.05, 0) is 18.1 Å². The molecule has 72 valence electrons. The van der Waals surface area contributed by atoms with Crippen LogP contribution in [0, 0.1) is 0 Å². The molecule has 1 heterocycles. The second-order valence-corrected chi connectivity index (χ2v) is 3.56. The predicted octanol–water partition coefficient (Wildman–Crippen LogP) is 1.67. The summed E-state index contributed by atoms with van der Waals surface area (Å²) in [4.78, 5) is 11.1. The third-order valence-electron chi connectivity index (χ3n) is 2.37. The van der Waals surface area contributed by atoms with Crippen LogP contribution in [-0.4, -0.2) is 11.8 Å². The predicted molar refractivity (Wildman–Crippen MR) is 55.8 cm³/mol. The summed E-state index contributed by atoms with van der Waals surface area (Å²) in [6.07, 6.45) is 4.86. The fourth-order valence-electron chi connectivity index (χ4n) is 1.68. The molecule has 0 fully saturated rings. The van der Waals surface area contributed by atoms with Gasteiger partial charge in [-0.15, -0.1) is 0 Å². The van der Waals surface area contributed by atoms with Crippen LogP contribution in [0.5, 0.6) is 0 Å². The van der Waals surface area contributed by atoms with E-state index in [0.29, 0.717) is 6.42 Å². The molecule has 1 atom stereocenters. The lowest BCUT2D eigenvalue weighted by Gasteiger charge is -2.19. The van der Waals surface area contributed by atoms with Gasteiger partial charge in [0.25, 0.3) is 0 Å². The van der Waals surface area contributed by atoms with Gasteiger partial charge in [0.15, 0.2) is 5.78 Å². The van der Waals surface area contributed by atoms with Crippen molar-refractivity contribution in [2.75, 3.05) is 0 Å². The Morgan fingerprint density at radius 2 is 2.07 bits per heavy atom. The van der Waals surface area contributed by atoms with E-state index in [1.807, 2.05) is 18.2 Å². The van der Waals surface area contributed by atoms with Crippen molar-refractivity contribution in [2.24, 2.45) is 0 Å². The minimum absolute atomic E-state index is 0.213. The monoisotopic (exact) mass is 187 g/mol. The van der Waals surface area contributed by atoms with Gasteiger partial charge in [-0.2, -0.15) is 0 Å². The molecule has 0 bridgehead atoms. The summed E-state index contributed by atoms with van der Waals surface area (Å²) in [5, 5.41) is 3.20. The molecular formula is C12H13NO. The number of ketones is 1. The number of allylic oxidation sites excluding steroid dienone is 1. The Hall–Kier alpha value is -1.57.